The van der Waals surface area contributed by atoms with Crippen molar-refractivity contribution in [3.63, 3.8) is 0 Å². The molecular formula is C9H18N2S. The highest BCUT2D eigenvalue weighted by Crippen LogP contribution is 2.38. The number of amidine groups is 1. The maximum Gasteiger partial charge on any atom is 0.154 e. The van der Waals surface area contributed by atoms with Crippen LogP contribution in [0.3, 0.4) is 0 Å². The van der Waals surface area contributed by atoms with Gasteiger partial charge in [0.25, 0.3) is 0 Å². The van der Waals surface area contributed by atoms with Gasteiger partial charge < -0.3 is 5.73 Å². The first kappa shape index (κ1) is 9.90. The second-order valence-electron chi connectivity index (χ2n) is 4.04. The summed E-state index contributed by atoms with van der Waals surface area (Å²) in [5.41, 5.74) is 5.79. The number of nitrogens with two attached hydrogens (primary N) is 1. The fourth-order valence-corrected chi connectivity index (χ4v) is 3.06. The number of hydrogen-bond donors (Lipinski definition) is 1. The molecule has 0 aromatic rings. The number of rotatable bonds is 2. The van der Waals surface area contributed by atoms with Crippen LogP contribution in [0.1, 0.15) is 27.7 Å². The third-order valence-corrected chi connectivity index (χ3v) is 3.76. The first-order valence-corrected chi connectivity index (χ1v) is 5.45. The molecule has 0 radical (unpaired) electrons. The monoisotopic (exact) mass is 186 g/mol. The SMILES string of the molecule is CC(C)C1(C(C)C)CSC(N)=N1. The van der Waals surface area contributed by atoms with Crippen LogP contribution in [0.4, 0.5) is 0 Å². The molecule has 1 heterocycles. The molecule has 2 nitrogen and oxygen atoms in total. The zero-order chi connectivity index (χ0) is 9.35. The molecular weight excluding hydrogens is 168 g/mol. The van der Waals surface area contributed by atoms with E-state index in [1.807, 2.05) is 0 Å². The van der Waals surface area contributed by atoms with E-state index in [0.717, 1.165) is 10.9 Å². The van der Waals surface area contributed by atoms with Gasteiger partial charge in [-0.3, -0.25) is 4.99 Å². The molecule has 0 unspecified atom stereocenters. The van der Waals surface area contributed by atoms with Crippen LogP contribution in [0.2, 0.25) is 0 Å². The number of thioether (sulfide) groups is 1. The fourth-order valence-electron chi connectivity index (χ4n) is 1.72. The fraction of sp³-hybridized carbons (Fsp3) is 0.889. The van der Waals surface area contributed by atoms with Crippen molar-refractivity contribution in [3.8, 4) is 0 Å². The van der Waals surface area contributed by atoms with E-state index in [9.17, 15) is 0 Å². The Morgan fingerprint density at radius 2 is 1.83 bits per heavy atom. The van der Waals surface area contributed by atoms with Crippen molar-refractivity contribution < 1.29 is 0 Å². The first-order chi connectivity index (χ1) is 5.49. The lowest BCUT2D eigenvalue weighted by molar-refractivity contribution is 0.263. The summed E-state index contributed by atoms with van der Waals surface area (Å²) in [7, 11) is 0. The number of aliphatic imine (C=N–C) groups is 1. The second-order valence-corrected chi connectivity index (χ2v) is 5.03. The maximum atomic E-state index is 5.70. The van der Waals surface area contributed by atoms with Crippen LogP contribution in [-0.2, 0) is 0 Å². The van der Waals surface area contributed by atoms with Gasteiger partial charge in [-0.05, 0) is 11.8 Å². The zero-order valence-electron chi connectivity index (χ0n) is 8.29. The van der Waals surface area contributed by atoms with E-state index in [4.69, 9.17) is 5.73 Å². The van der Waals surface area contributed by atoms with Crippen molar-refractivity contribution in [1.82, 2.24) is 0 Å². The lowest BCUT2D eigenvalue weighted by Crippen LogP contribution is -2.39. The van der Waals surface area contributed by atoms with E-state index in [-0.39, 0.29) is 5.54 Å². The van der Waals surface area contributed by atoms with Crippen LogP contribution in [-0.4, -0.2) is 16.5 Å². The van der Waals surface area contributed by atoms with Gasteiger partial charge in [0.1, 0.15) is 0 Å². The van der Waals surface area contributed by atoms with Crippen molar-refractivity contribution in [1.29, 1.82) is 0 Å². The van der Waals surface area contributed by atoms with Crippen molar-refractivity contribution >= 4 is 16.9 Å². The Morgan fingerprint density at radius 1 is 1.33 bits per heavy atom. The molecule has 70 valence electrons. The minimum Gasteiger partial charge on any atom is -0.379 e. The van der Waals surface area contributed by atoms with Crippen molar-refractivity contribution in [2.24, 2.45) is 22.6 Å². The van der Waals surface area contributed by atoms with E-state index in [0.29, 0.717) is 11.8 Å². The molecule has 0 aromatic heterocycles. The van der Waals surface area contributed by atoms with Gasteiger partial charge >= 0.3 is 0 Å². The van der Waals surface area contributed by atoms with Crippen molar-refractivity contribution in [3.05, 3.63) is 0 Å². The highest BCUT2D eigenvalue weighted by molar-refractivity contribution is 8.14. The summed E-state index contributed by atoms with van der Waals surface area (Å²) in [6.45, 7) is 8.90. The van der Waals surface area contributed by atoms with Crippen LogP contribution < -0.4 is 5.73 Å². The van der Waals surface area contributed by atoms with Crippen LogP contribution in [0.15, 0.2) is 4.99 Å². The van der Waals surface area contributed by atoms with E-state index in [1.54, 1.807) is 11.8 Å². The van der Waals surface area contributed by atoms with Gasteiger partial charge in [0.2, 0.25) is 0 Å². The van der Waals surface area contributed by atoms with E-state index >= 15 is 0 Å². The lowest BCUT2D eigenvalue weighted by atomic mass is 9.79. The molecule has 0 aromatic carbocycles. The molecule has 0 saturated carbocycles. The molecule has 2 N–H and O–H groups in total. The predicted molar refractivity (Wildman–Crippen MR) is 56.5 cm³/mol. The molecule has 1 rings (SSSR count). The van der Waals surface area contributed by atoms with Gasteiger partial charge in [0.15, 0.2) is 5.17 Å². The Labute approximate surface area is 79.0 Å². The summed E-state index contributed by atoms with van der Waals surface area (Å²) in [6, 6.07) is 0. The Kier molecular flexibility index (Phi) is 2.71. The molecule has 0 atom stereocenters. The second kappa shape index (κ2) is 3.29. The van der Waals surface area contributed by atoms with E-state index < -0.39 is 0 Å². The van der Waals surface area contributed by atoms with Crippen molar-refractivity contribution in [2.45, 2.75) is 33.2 Å². The third-order valence-electron chi connectivity index (χ3n) is 2.77. The lowest BCUT2D eigenvalue weighted by Gasteiger charge is -2.33. The molecule has 0 fully saturated rings. The Morgan fingerprint density at radius 3 is 2.00 bits per heavy atom. The van der Waals surface area contributed by atoms with Gasteiger partial charge in [0.05, 0.1) is 5.54 Å². The average molecular weight is 186 g/mol. The van der Waals surface area contributed by atoms with Crippen molar-refractivity contribution in [2.75, 3.05) is 5.75 Å². The molecule has 1 aliphatic heterocycles. The highest BCUT2D eigenvalue weighted by Gasteiger charge is 2.40. The van der Waals surface area contributed by atoms with Gasteiger partial charge in [-0.2, -0.15) is 0 Å². The molecule has 3 heteroatoms. The van der Waals surface area contributed by atoms with Crippen LogP contribution in [0, 0.1) is 11.8 Å². The summed E-state index contributed by atoms with van der Waals surface area (Å²) in [5.74, 6) is 2.20. The quantitative estimate of drug-likeness (QED) is 0.717. The largest absolute Gasteiger partial charge is 0.379 e. The molecule has 0 spiro atoms. The number of nitrogens with zero attached hydrogens (tertiary/aromatic N) is 1. The molecule has 12 heavy (non-hydrogen) atoms. The standard InChI is InChI=1S/C9H18N2S/c1-6(2)9(7(3)4)5-12-8(10)11-9/h6-7H,5H2,1-4H3,(H2,10,11). The van der Waals surface area contributed by atoms with E-state index in [2.05, 4.69) is 32.7 Å². The van der Waals surface area contributed by atoms with Gasteiger partial charge in [0, 0.05) is 5.75 Å². The summed E-state index contributed by atoms with van der Waals surface area (Å²) in [4.78, 5) is 4.58. The van der Waals surface area contributed by atoms with Gasteiger partial charge in [-0.25, -0.2) is 0 Å². The summed E-state index contributed by atoms with van der Waals surface area (Å²) >= 11 is 1.69. The normalized spacial score (nSPS) is 22.0. The van der Waals surface area contributed by atoms with Gasteiger partial charge in [-0.15, -0.1) is 0 Å². The average Bonchev–Trinajstić information content (AvgIpc) is 2.32. The minimum absolute atomic E-state index is 0.0920. The topological polar surface area (TPSA) is 38.4 Å². The smallest absolute Gasteiger partial charge is 0.154 e. The Balaban J connectivity index is 2.90. The predicted octanol–water partition coefficient (Wildman–Crippen LogP) is 2.10. The Hall–Kier alpha value is -0.180. The van der Waals surface area contributed by atoms with Crippen LogP contribution >= 0.6 is 11.8 Å². The summed E-state index contributed by atoms with van der Waals surface area (Å²) in [5, 5.41) is 0.761. The van der Waals surface area contributed by atoms with Crippen LogP contribution in [0.5, 0.6) is 0 Å². The highest BCUT2D eigenvalue weighted by atomic mass is 32.2. The maximum absolute atomic E-state index is 5.70. The molecule has 0 bridgehead atoms. The zero-order valence-corrected chi connectivity index (χ0v) is 9.11. The molecule has 0 aliphatic carbocycles. The third kappa shape index (κ3) is 1.47. The van der Waals surface area contributed by atoms with Crippen LogP contribution in [0.25, 0.3) is 0 Å². The molecule has 1 aliphatic rings. The first-order valence-electron chi connectivity index (χ1n) is 4.47. The Bertz CT molecular complexity index is 189. The molecule has 0 saturated heterocycles. The molecule has 0 amide bonds. The van der Waals surface area contributed by atoms with Gasteiger partial charge in [-0.1, -0.05) is 39.5 Å². The summed E-state index contributed by atoms with van der Waals surface area (Å²) < 4.78 is 0. The van der Waals surface area contributed by atoms with E-state index in [1.165, 1.54) is 0 Å². The summed E-state index contributed by atoms with van der Waals surface area (Å²) in [6.07, 6.45) is 0. The minimum atomic E-state index is 0.0920. The number of hydrogen-bond acceptors (Lipinski definition) is 3.